The van der Waals surface area contributed by atoms with Crippen LogP contribution in [0.4, 0.5) is 0 Å². The Balaban J connectivity index is 2.46. The molecule has 0 saturated carbocycles. The third-order valence-electron chi connectivity index (χ3n) is 2.56. The fourth-order valence-corrected chi connectivity index (χ4v) is 1.86. The highest BCUT2D eigenvalue weighted by Crippen LogP contribution is 2.22. The van der Waals surface area contributed by atoms with E-state index in [0.29, 0.717) is 17.2 Å². The van der Waals surface area contributed by atoms with Gasteiger partial charge >= 0.3 is 0 Å². The molecule has 0 unspecified atom stereocenters. The molecule has 0 aliphatic carbocycles. The van der Waals surface area contributed by atoms with Gasteiger partial charge in [-0.25, -0.2) is 4.98 Å². The Labute approximate surface area is 115 Å². The molecule has 0 saturated heterocycles. The van der Waals surface area contributed by atoms with Crippen molar-refractivity contribution in [3.8, 4) is 0 Å². The first-order valence-electron chi connectivity index (χ1n) is 5.75. The largest absolute Gasteiger partial charge is 0.351 e. The number of aliphatic imine (C=N–C) groups is 1. The summed E-state index contributed by atoms with van der Waals surface area (Å²) in [7, 11) is 0. The highest BCUT2D eigenvalue weighted by molar-refractivity contribution is 6.31. The van der Waals surface area contributed by atoms with Crippen LogP contribution in [0.1, 0.15) is 12.5 Å². The van der Waals surface area contributed by atoms with Gasteiger partial charge in [0.2, 0.25) is 0 Å². The first-order valence-corrected chi connectivity index (χ1v) is 6.12. The van der Waals surface area contributed by atoms with Crippen molar-refractivity contribution in [1.82, 2.24) is 15.3 Å². The summed E-state index contributed by atoms with van der Waals surface area (Å²) in [6, 6.07) is 1.78. The Morgan fingerprint density at radius 2 is 2.47 bits per heavy atom. The zero-order valence-electron chi connectivity index (χ0n) is 10.4. The minimum atomic E-state index is -0.262. The van der Waals surface area contributed by atoms with E-state index in [9.17, 15) is 4.79 Å². The zero-order chi connectivity index (χ0) is 13.8. The predicted molar refractivity (Wildman–Crippen MR) is 77.3 cm³/mol. The molecule has 2 aromatic heterocycles. The standard InChI is InChI=1S/C13H13ClN4O/c1-3-16-13(19)11(15-2)4-8-6-17-12-10(8)5-9(14)7-18-12/h4-7H,2-3H2,1H3,(H,16,19)(H,17,18)/b11-4-. The second-order valence-corrected chi connectivity index (χ2v) is 4.28. The van der Waals surface area contributed by atoms with E-state index in [-0.39, 0.29) is 11.6 Å². The number of aromatic amines is 1. The lowest BCUT2D eigenvalue weighted by atomic mass is 10.2. The van der Waals surface area contributed by atoms with Crippen molar-refractivity contribution in [3.63, 3.8) is 0 Å². The summed E-state index contributed by atoms with van der Waals surface area (Å²) >= 11 is 5.92. The number of hydrogen-bond donors (Lipinski definition) is 2. The molecular weight excluding hydrogens is 264 g/mol. The van der Waals surface area contributed by atoms with E-state index >= 15 is 0 Å². The Morgan fingerprint density at radius 1 is 1.68 bits per heavy atom. The fourth-order valence-electron chi connectivity index (χ4n) is 1.70. The van der Waals surface area contributed by atoms with Crippen LogP contribution in [0.15, 0.2) is 29.1 Å². The molecule has 6 heteroatoms. The molecule has 0 radical (unpaired) electrons. The lowest BCUT2D eigenvalue weighted by molar-refractivity contribution is -0.117. The summed E-state index contributed by atoms with van der Waals surface area (Å²) in [6.07, 6.45) is 4.96. The van der Waals surface area contributed by atoms with Gasteiger partial charge in [0.05, 0.1) is 5.02 Å². The van der Waals surface area contributed by atoms with Gasteiger partial charge in [0.1, 0.15) is 11.3 Å². The van der Waals surface area contributed by atoms with Gasteiger partial charge in [-0.05, 0) is 25.8 Å². The van der Waals surface area contributed by atoms with Crippen molar-refractivity contribution >= 4 is 41.3 Å². The zero-order valence-corrected chi connectivity index (χ0v) is 11.2. The molecular formula is C13H13ClN4O. The minimum Gasteiger partial charge on any atom is -0.351 e. The van der Waals surface area contributed by atoms with Crippen LogP contribution >= 0.6 is 11.6 Å². The van der Waals surface area contributed by atoms with Crippen LogP contribution in [-0.2, 0) is 4.79 Å². The molecule has 2 aromatic rings. The molecule has 19 heavy (non-hydrogen) atoms. The van der Waals surface area contributed by atoms with Crippen molar-refractivity contribution in [2.24, 2.45) is 4.99 Å². The van der Waals surface area contributed by atoms with Crippen molar-refractivity contribution < 1.29 is 4.79 Å². The molecule has 5 nitrogen and oxygen atoms in total. The maximum absolute atomic E-state index is 11.7. The Hall–Kier alpha value is -2.14. The fraction of sp³-hybridized carbons (Fsp3) is 0.154. The van der Waals surface area contributed by atoms with Crippen LogP contribution < -0.4 is 5.32 Å². The number of H-pyrrole nitrogens is 1. The van der Waals surface area contributed by atoms with Gasteiger partial charge in [-0.1, -0.05) is 11.6 Å². The molecule has 0 aliphatic rings. The van der Waals surface area contributed by atoms with Crippen LogP contribution in [0, 0.1) is 0 Å². The number of nitrogens with one attached hydrogen (secondary N) is 2. The average molecular weight is 277 g/mol. The molecule has 0 bridgehead atoms. The van der Waals surface area contributed by atoms with Gasteiger partial charge in [-0.15, -0.1) is 0 Å². The third kappa shape index (κ3) is 2.82. The number of likely N-dealkylation sites (N-methyl/N-ethyl adjacent to an activating group) is 1. The number of aromatic nitrogens is 2. The summed E-state index contributed by atoms with van der Waals surface area (Å²) in [6.45, 7) is 5.79. The molecule has 98 valence electrons. The number of carbonyl (C=O) groups excluding carboxylic acids is 1. The van der Waals surface area contributed by atoms with Gasteiger partial charge in [-0.3, -0.25) is 9.79 Å². The van der Waals surface area contributed by atoms with Gasteiger partial charge in [0.15, 0.2) is 0 Å². The Bertz CT molecular complexity index is 660. The monoisotopic (exact) mass is 276 g/mol. The summed E-state index contributed by atoms with van der Waals surface area (Å²) in [5, 5.41) is 4.04. The molecule has 2 rings (SSSR count). The van der Waals surface area contributed by atoms with E-state index in [1.54, 1.807) is 24.5 Å². The number of fused-ring (bicyclic) bond motifs is 1. The molecule has 0 aromatic carbocycles. The second-order valence-electron chi connectivity index (χ2n) is 3.84. The summed E-state index contributed by atoms with van der Waals surface area (Å²) in [5.41, 5.74) is 1.75. The lowest BCUT2D eigenvalue weighted by Gasteiger charge is -2.01. The van der Waals surface area contributed by atoms with Crippen LogP contribution in [0.5, 0.6) is 0 Å². The van der Waals surface area contributed by atoms with E-state index < -0.39 is 0 Å². The molecule has 2 N–H and O–H groups in total. The van der Waals surface area contributed by atoms with E-state index in [2.05, 4.69) is 27.0 Å². The number of pyridine rings is 1. The summed E-state index contributed by atoms with van der Waals surface area (Å²) in [5.74, 6) is -0.262. The average Bonchev–Trinajstić information content (AvgIpc) is 2.78. The number of carbonyl (C=O) groups is 1. The van der Waals surface area contributed by atoms with Crippen molar-refractivity contribution in [3.05, 3.63) is 34.7 Å². The third-order valence-corrected chi connectivity index (χ3v) is 2.77. The maximum atomic E-state index is 11.7. The quantitative estimate of drug-likeness (QED) is 0.665. The summed E-state index contributed by atoms with van der Waals surface area (Å²) in [4.78, 5) is 22.6. The number of hydrogen-bond acceptors (Lipinski definition) is 3. The van der Waals surface area contributed by atoms with Crippen molar-refractivity contribution in [1.29, 1.82) is 0 Å². The minimum absolute atomic E-state index is 0.253. The van der Waals surface area contributed by atoms with Crippen LogP contribution in [0.2, 0.25) is 5.02 Å². The molecule has 0 aliphatic heterocycles. The first-order chi connectivity index (χ1) is 9.15. The topological polar surface area (TPSA) is 70.1 Å². The normalized spacial score (nSPS) is 11.6. The van der Waals surface area contributed by atoms with E-state index in [1.165, 1.54) is 0 Å². The van der Waals surface area contributed by atoms with E-state index in [1.807, 2.05) is 6.92 Å². The second kappa shape index (κ2) is 5.67. The highest BCUT2D eigenvalue weighted by Gasteiger charge is 2.09. The molecule has 0 atom stereocenters. The SMILES string of the molecule is C=N/C(=C\c1c[nH]c2ncc(Cl)cc12)C(=O)NCC. The van der Waals surface area contributed by atoms with Gasteiger partial charge in [0.25, 0.3) is 5.91 Å². The number of rotatable bonds is 4. The van der Waals surface area contributed by atoms with Gasteiger partial charge in [0, 0.05) is 29.9 Å². The molecule has 1 amide bonds. The van der Waals surface area contributed by atoms with E-state index in [4.69, 9.17) is 11.6 Å². The molecule has 0 fully saturated rings. The number of amides is 1. The van der Waals surface area contributed by atoms with Crippen molar-refractivity contribution in [2.45, 2.75) is 6.92 Å². The van der Waals surface area contributed by atoms with Crippen LogP contribution in [0.25, 0.3) is 17.1 Å². The van der Waals surface area contributed by atoms with Crippen LogP contribution in [0.3, 0.4) is 0 Å². The predicted octanol–water partition coefficient (Wildman–Crippen LogP) is 2.39. The first kappa shape index (κ1) is 13.3. The van der Waals surface area contributed by atoms with Crippen molar-refractivity contribution in [2.75, 3.05) is 6.54 Å². The highest BCUT2D eigenvalue weighted by atomic mass is 35.5. The number of nitrogens with zero attached hydrogens (tertiary/aromatic N) is 2. The Morgan fingerprint density at radius 3 is 3.16 bits per heavy atom. The number of halogens is 1. The smallest absolute Gasteiger partial charge is 0.269 e. The summed E-state index contributed by atoms with van der Waals surface area (Å²) < 4.78 is 0. The van der Waals surface area contributed by atoms with Gasteiger partial charge in [-0.2, -0.15) is 0 Å². The van der Waals surface area contributed by atoms with Crippen LogP contribution in [-0.4, -0.2) is 29.1 Å². The lowest BCUT2D eigenvalue weighted by Crippen LogP contribution is -2.23. The molecule has 2 heterocycles. The maximum Gasteiger partial charge on any atom is 0.269 e. The van der Waals surface area contributed by atoms with Gasteiger partial charge < -0.3 is 10.3 Å². The molecule has 0 spiro atoms. The van der Waals surface area contributed by atoms with E-state index in [0.717, 1.165) is 10.9 Å². The Kier molecular flexibility index (Phi) is 3.97.